The molecule has 0 radical (unpaired) electrons. The summed E-state index contributed by atoms with van der Waals surface area (Å²) >= 11 is 0. The number of nitrogens with zero attached hydrogens (tertiary/aromatic N) is 1. The van der Waals surface area contributed by atoms with Crippen LogP contribution in [0.3, 0.4) is 0 Å². The van der Waals surface area contributed by atoms with E-state index in [9.17, 15) is 22.8 Å². The molecular formula is C25H23N3O5S. The summed E-state index contributed by atoms with van der Waals surface area (Å²) in [5.74, 6) is -0.959. The first kappa shape index (κ1) is 23.2. The third kappa shape index (κ3) is 4.99. The van der Waals surface area contributed by atoms with Crippen molar-refractivity contribution in [3.8, 4) is 0 Å². The van der Waals surface area contributed by atoms with Gasteiger partial charge in [-0.1, -0.05) is 29.8 Å². The van der Waals surface area contributed by atoms with Crippen LogP contribution < -0.4 is 10.0 Å². The van der Waals surface area contributed by atoms with Crippen LogP contribution in [-0.4, -0.2) is 37.6 Å². The van der Waals surface area contributed by atoms with E-state index >= 15 is 0 Å². The second kappa shape index (κ2) is 9.48. The SMILES string of the molecule is Cc1ccc(S(=O)(=O)Nc2ccc(NC(=O)CCCN3C(=O)c4ccccc4C3=O)cc2)cc1. The minimum absolute atomic E-state index is 0.120. The first-order valence-corrected chi connectivity index (χ1v) is 12.2. The molecule has 0 spiro atoms. The minimum Gasteiger partial charge on any atom is -0.326 e. The molecule has 3 aromatic rings. The Hall–Kier alpha value is -3.98. The van der Waals surface area contributed by atoms with E-state index in [0.29, 0.717) is 28.9 Å². The molecule has 9 heteroatoms. The summed E-state index contributed by atoms with van der Waals surface area (Å²) in [6.07, 6.45) is 0.445. The molecule has 0 saturated carbocycles. The molecule has 0 atom stereocenters. The van der Waals surface area contributed by atoms with Crippen LogP contribution in [-0.2, 0) is 14.8 Å². The number of sulfonamides is 1. The Morgan fingerprint density at radius 2 is 1.38 bits per heavy atom. The van der Waals surface area contributed by atoms with Crippen molar-refractivity contribution in [3.63, 3.8) is 0 Å². The number of anilines is 2. The number of amides is 3. The molecule has 0 aromatic heterocycles. The van der Waals surface area contributed by atoms with Crippen LogP contribution in [0.25, 0.3) is 0 Å². The molecule has 0 aliphatic carbocycles. The van der Waals surface area contributed by atoms with Gasteiger partial charge in [-0.05, 0) is 61.9 Å². The summed E-state index contributed by atoms with van der Waals surface area (Å²) < 4.78 is 27.5. The summed E-state index contributed by atoms with van der Waals surface area (Å²) in [4.78, 5) is 38.3. The van der Waals surface area contributed by atoms with Gasteiger partial charge in [0.1, 0.15) is 0 Å². The maximum absolute atomic E-state index is 12.5. The zero-order valence-corrected chi connectivity index (χ0v) is 19.3. The summed E-state index contributed by atoms with van der Waals surface area (Å²) in [5, 5.41) is 2.73. The minimum atomic E-state index is -3.71. The van der Waals surface area contributed by atoms with Gasteiger partial charge in [0.2, 0.25) is 5.91 Å². The molecule has 0 bridgehead atoms. The molecule has 1 heterocycles. The molecule has 4 rings (SSSR count). The number of aryl methyl sites for hydroxylation is 1. The van der Waals surface area contributed by atoms with E-state index in [-0.39, 0.29) is 35.6 Å². The number of carbonyl (C=O) groups is 3. The second-order valence-electron chi connectivity index (χ2n) is 7.96. The average Bonchev–Trinajstić information content (AvgIpc) is 3.05. The van der Waals surface area contributed by atoms with E-state index in [4.69, 9.17) is 0 Å². The van der Waals surface area contributed by atoms with E-state index in [2.05, 4.69) is 10.0 Å². The maximum Gasteiger partial charge on any atom is 0.261 e. The smallest absolute Gasteiger partial charge is 0.261 e. The van der Waals surface area contributed by atoms with Crippen molar-refractivity contribution in [2.24, 2.45) is 0 Å². The topological polar surface area (TPSA) is 113 Å². The molecular weight excluding hydrogens is 454 g/mol. The molecule has 0 unspecified atom stereocenters. The highest BCUT2D eigenvalue weighted by atomic mass is 32.2. The lowest BCUT2D eigenvalue weighted by Crippen LogP contribution is -2.31. The molecule has 1 aliphatic heterocycles. The van der Waals surface area contributed by atoms with Crippen LogP contribution in [0.1, 0.15) is 39.1 Å². The van der Waals surface area contributed by atoms with Crippen molar-refractivity contribution in [1.82, 2.24) is 4.90 Å². The van der Waals surface area contributed by atoms with Crippen molar-refractivity contribution in [1.29, 1.82) is 0 Å². The van der Waals surface area contributed by atoms with E-state index in [1.54, 1.807) is 60.7 Å². The highest BCUT2D eigenvalue weighted by Gasteiger charge is 2.34. The van der Waals surface area contributed by atoms with E-state index < -0.39 is 10.0 Å². The van der Waals surface area contributed by atoms with Gasteiger partial charge in [-0.2, -0.15) is 0 Å². The normalized spacial score (nSPS) is 13.0. The molecule has 2 N–H and O–H groups in total. The third-order valence-electron chi connectivity index (χ3n) is 5.42. The Kier molecular flexibility index (Phi) is 6.47. The average molecular weight is 478 g/mol. The quantitative estimate of drug-likeness (QED) is 0.479. The van der Waals surface area contributed by atoms with Gasteiger partial charge in [0.05, 0.1) is 16.0 Å². The third-order valence-corrected chi connectivity index (χ3v) is 6.81. The Morgan fingerprint density at radius 3 is 1.97 bits per heavy atom. The lowest BCUT2D eigenvalue weighted by Gasteiger charge is -2.13. The maximum atomic E-state index is 12.5. The molecule has 34 heavy (non-hydrogen) atoms. The van der Waals surface area contributed by atoms with Crippen LogP contribution in [0.2, 0.25) is 0 Å². The first-order valence-electron chi connectivity index (χ1n) is 10.7. The number of hydrogen-bond donors (Lipinski definition) is 2. The van der Waals surface area contributed by atoms with Crippen molar-refractivity contribution in [2.75, 3.05) is 16.6 Å². The van der Waals surface area contributed by atoms with Crippen molar-refractivity contribution in [3.05, 3.63) is 89.5 Å². The highest BCUT2D eigenvalue weighted by molar-refractivity contribution is 7.92. The predicted molar refractivity (Wildman–Crippen MR) is 128 cm³/mol. The Morgan fingerprint density at radius 1 is 0.824 bits per heavy atom. The lowest BCUT2D eigenvalue weighted by molar-refractivity contribution is -0.116. The molecule has 0 fully saturated rings. The van der Waals surface area contributed by atoms with Crippen molar-refractivity contribution < 1.29 is 22.8 Å². The summed E-state index contributed by atoms with van der Waals surface area (Å²) in [6, 6.07) is 19.5. The molecule has 8 nitrogen and oxygen atoms in total. The Bertz CT molecular complexity index is 1320. The fraction of sp³-hybridized carbons (Fsp3) is 0.160. The largest absolute Gasteiger partial charge is 0.326 e. The van der Waals surface area contributed by atoms with Crippen LogP contribution >= 0.6 is 0 Å². The van der Waals surface area contributed by atoms with Gasteiger partial charge in [-0.3, -0.25) is 24.0 Å². The standard InChI is InChI=1S/C25H23N3O5S/c1-17-8-14-20(15-9-17)34(32,33)27-19-12-10-18(11-13-19)26-23(29)7-4-16-28-24(30)21-5-2-3-6-22(21)25(28)31/h2-3,5-6,8-15,27H,4,7,16H2,1H3,(H,26,29). The fourth-order valence-corrected chi connectivity index (χ4v) is 4.68. The lowest BCUT2D eigenvalue weighted by atomic mass is 10.1. The van der Waals surface area contributed by atoms with Gasteiger partial charge < -0.3 is 5.32 Å². The van der Waals surface area contributed by atoms with E-state index in [0.717, 1.165) is 10.5 Å². The predicted octanol–water partition coefficient (Wildman–Crippen LogP) is 3.81. The number of fused-ring (bicyclic) bond motifs is 1. The monoisotopic (exact) mass is 477 g/mol. The molecule has 3 amide bonds. The zero-order chi connectivity index (χ0) is 24.3. The molecule has 174 valence electrons. The summed E-state index contributed by atoms with van der Waals surface area (Å²) in [7, 11) is -3.71. The van der Waals surface area contributed by atoms with Crippen molar-refractivity contribution in [2.45, 2.75) is 24.7 Å². The van der Waals surface area contributed by atoms with Gasteiger partial charge >= 0.3 is 0 Å². The Balaban J connectivity index is 1.28. The summed E-state index contributed by atoms with van der Waals surface area (Å²) in [6.45, 7) is 2.03. The zero-order valence-electron chi connectivity index (χ0n) is 18.4. The van der Waals surface area contributed by atoms with Crippen LogP contribution in [0.15, 0.2) is 77.7 Å². The fourth-order valence-electron chi connectivity index (χ4n) is 3.62. The number of nitrogens with one attached hydrogen (secondary N) is 2. The van der Waals surface area contributed by atoms with Gasteiger partial charge in [-0.15, -0.1) is 0 Å². The van der Waals surface area contributed by atoms with Gasteiger partial charge in [-0.25, -0.2) is 8.42 Å². The molecule has 0 saturated heterocycles. The van der Waals surface area contributed by atoms with Crippen LogP contribution in [0.4, 0.5) is 11.4 Å². The van der Waals surface area contributed by atoms with Gasteiger partial charge in [0, 0.05) is 24.3 Å². The van der Waals surface area contributed by atoms with Gasteiger partial charge in [0.25, 0.3) is 21.8 Å². The number of hydrogen-bond acceptors (Lipinski definition) is 5. The van der Waals surface area contributed by atoms with E-state index in [1.165, 1.54) is 12.1 Å². The number of benzene rings is 3. The van der Waals surface area contributed by atoms with E-state index in [1.807, 2.05) is 6.92 Å². The summed E-state index contributed by atoms with van der Waals surface area (Å²) in [5.41, 5.74) is 2.60. The Labute approximate surface area is 197 Å². The van der Waals surface area contributed by atoms with Gasteiger partial charge in [0.15, 0.2) is 0 Å². The van der Waals surface area contributed by atoms with Crippen LogP contribution in [0.5, 0.6) is 0 Å². The second-order valence-corrected chi connectivity index (χ2v) is 9.64. The van der Waals surface area contributed by atoms with Crippen LogP contribution in [0, 0.1) is 6.92 Å². The number of carbonyl (C=O) groups excluding carboxylic acids is 3. The number of rotatable bonds is 8. The number of imide groups is 1. The first-order chi connectivity index (χ1) is 16.2. The van der Waals surface area contributed by atoms with Crippen molar-refractivity contribution >= 4 is 39.1 Å². The molecule has 1 aliphatic rings. The highest BCUT2D eigenvalue weighted by Crippen LogP contribution is 2.23. The molecule has 3 aromatic carbocycles.